The number of nitrogens with one attached hydrogen (secondary N) is 1. The molecular formula is C19H14ClF4N5O2. The zero-order valence-corrected chi connectivity index (χ0v) is 16.6. The van der Waals surface area contributed by atoms with Crippen molar-refractivity contribution in [1.82, 2.24) is 4.98 Å². The van der Waals surface area contributed by atoms with Crippen LogP contribution in [0.3, 0.4) is 0 Å². The number of rotatable bonds is 3. The fourth-order valence-electron chi connectivity index (χ4n) is 3.06. The predicted molar refractivity (Wildman–Crippen MR) is 103 cm³/mol. The van der Waals surface area contributed by atoms with E-state index in [0.29, 0.717) is 0 Å². The third-order valence-electron chi connectivity index (χ3n) is 4.56. The number of carbonyl (C=O) groups is 1. The van der Waals surface area contributed by atoms with Crippen molar-refractivity contribution in [3.8, 4) is 6.07 Å². The number of ether oxygens (including phenoxy) is 1. The molecule has 31 heavy (non-hydrogen) atoms. The van der Waals surface area contributed by atoms with Crippen LogP contribution in [0.25, 0.3) is 0 Å². The summed E-state index contributed by atoms with van der Waals surface area (Å²) in [4.78, 5) is 20.1. The van der Waals surface area contributed by atoms with Crippen molar-refractivity contribution >= 4 is 29.2 Å². The maximum atomic E-state index is 14.8. The molecule has 1 aliphatic rings. The van der Waals surface area contributed by atoms with E-state index < -0.39 is 47.0 Å². The van der Waals surface area contributed by atoms with Crippen LogP contribution in [-0.2, 0) is 10.3 Å². The Morgan fingerprint density at radius 3 is 2.71 bits per heavy atom. The Balaban J connectivity index is 1.96. The number of pyridine rings is 1. The van der Waals surface area contributed by atoms with Crippen molar-refractivity contribution in [2.75, 3.05) is 5.32 Å². The predicted octanol–water partition coefficient (Wildman–Crippen LogP) is 3.88. The first-order chi connectivity index (χ1) is 14.4. The van der Waals surface area contributed by atoms with Gasteiger partial charge in [-0.2, -0.15) is 18.4 Å². The fraction of sp³-hybridized carbons (Fsp3) is 0.263. The van der Waals surface area contributed by atoms with E-state index in [1.54, 1.807) is 0 Å². The first-order valence-corrected chi connectivity index (χ1v) is 9.06. The van der Waals surface area contributed by atoms with Gasteiger partial charge >= 0.3 is 6.18 Å². The highest BCUT2D eigenvalue weighted by Gasteiger charge is 2.50. The van der Waals surface area contributed by atoms with Crippen molar-refractivity contribution < 1.29 is 27.1 Å². The van der Waals surface area contributed by atoms with E-state index >= 15 is 0 Å². The maximum absolute atomic E-state index is 14.8. The van der Waals surface area contributed by atoms with Gasteiger partial charge in [-0.05, 0) is 31.2 Å². The molecular weight excluding hydrogens is 442 g/mol. The lowest BCUT2D eigenvalue weighted by Gasteiger charge is -2.36. The first-order valence-electron chi connectivity index (χ1n) is 8.68. The number of amidine groups is 1. The van der Waals surface area contributed by atoms with E-state index in [1.807, 2.05) is 6.07 Å². The standard InChI is InChI=1S/C19H14ClF4N5O2/c1-18(6-14(19(22,23)24)31-17(26)29-18)11-4-10(5-12(20)15(11)21)28-16(30)13-3-2-9(7-25)8-27-13/h2-5,8,14H,6H2,1H3,(H2,26,29)(H,28,30)/t14-,18+/m0/s1. The number of aromatic nitrogens is 1. The summed E-state index contributed by atoms with van der Waals surface area (Å²) in [5.41, 5.74) is 3.55. The Morgan fingerprint density at radius 2 is 2.13 bits per heavy atom. The lowest BCUT2D eigenvalue weighted by molar-refractivity contribution is -0.208. The molecule has 0 aliphatic carbocycles. The first kappa shape index (κ1) is 22.3. The van der Waals surface area contributed by atoms with Crippen LogP contribution < -0.4 is 11.1 Å². The third-order valence-corrected chi connectivity index (χ3v) is 4.83. The summed E-state index contributed by atoms with van der Waals surface area (Å²) < 4.78 is 59.0. The van der Waals surface area contributed by atoms with Gasteiger partial charge in [-0.3, -0.25) is 4.79 Å². The van der Waals surface area contributed by atoms with Crippen molar-refractivity contribution in [2.45, 2.75) is 31.2 Å². The highest BCUT2D eigenvalue weighted by Crippen LogP contribution is 2.42. The molecule has 0 saturated heterocycles. The molecule has 162 valence electrons. The number of amides is 1. The molecule has 1 amide bonds. The SMILES string of the molecule is C[C@]1(c2cc(NC(=O)c3ccc(C#N)cn3)cc(Cl)c2F)C[C@@H](C(F)(F)F)OC(N)=N1. The van der Waals surface area contributed by atoms with Gasteiger partial charge in [0.1, 0.15) is 17.6 Å². The second kappa shape index (κ2) is 8.03. The number of halogens is 5. The number of alkyl halides is 3. The minimum atomic E-state index is -4.75. The van der Waals surface area contributed by atoms with E-state index in [4.69, 9.17) is 22.6 Å². The van der Waals surface area contributed by atoms with Crippen LogP contribution in [0, 0.1) is 17.1 Å². The summed E-state index contributed by atoms with van der Waals surface area (Å²) in [5.74, 6) is -1.70. The van der Waals surface area contributed by atoms with E-state index in [9.17, 15) is 22.4 Å². The molecule has 1 aromatic carbocycles. The summed E-state index contributed by atoms with van der Waals surface area (Å²) >= 11 is 5.92. The molecule has 0 saturated carbocycles. The number of benzene rings is 1. The zero-order valence-electron chi connectivity index (χ0n) is 15.8. The number of anilines is 1. The Bertz CT molecular complexity index is 1100. The topological polar surface area (TPSA) is 113 Å². The lowest BCUT2D eigenvalue weighted by Crippen LogP contribution is -2.46. The van der Waals surface area contributed by atoms with Gasteiger partial charge in [-0.15, -0.1) is 0 Å². The summed E-state index contributed by atoms with van der Waals surface area (Å²) in [6.07, 6.45) is -6.61. The van der Waals surface area contributed by atoms with Gasteiger partial charge in [-0.1, -0.05) is 11.6 Å². The van der Waals surface area contributed by atoms with Gasteiger partial charge in [-0.25, -0.2) is 14.4 Å². The molecule has 2 aromatic rings. The molecule has 3 N–H and O–H groups in total. The fourth-order valence-corrected chi connectivity index (χ4v) is 3.28. The Labute approximate surface area is 178 Å². The van der Waals surface area contributed by atoms with Gasteiger partial charge in [0.15, 0.2) is 6.10 Å². The number of nitrogens with two attached hydrogens (primary N) is 1. The normalized spacial score (nSPS) is 20.9. The molecule has 0 radical (unpaired) electrons. The molecule has 1 aromatic heterocycles. The molecule has 1 aliphatic heterocycles. The largest absolute Gasteiger partial charge is 0.452 e. The van der Waals surface area contributed by atoms with Crippen molar-refractivity contribution in [2.24, 2.45) is 10.7 Å². The number of aliphatic imine (C=N–C) groups is 1. The van der Waals surface area contributed by atoms with Crippen molar-refractivity contribution in [1.29, 1.82) is 5.26 Å². The minimum absolute atomic E-state index is 0.00241. The lowest BCUT2D eigenvalue weighted by atomic mass is 9.85. The smallest absolute Gasteiger partial charge is 0.425 e. The van der Waals surface area contributed by atoms with Gasteiger partial charge in [0.25, 0.3) is 11.9 Å². The van der Waals surface area contributed by atoms with Gasteiger partial charge in [0.05, 0.1) is 16.1 Å². The zero-order chi connectivity index (χ0) is 23.0. The van der Waals surface area contributed by atoms with Crippen LogP contribution >= 0.6 is 11.6 Å². The number of hydrogen-bond donors (Lipinski definition) is 2. The number of nitrogens with zero attached hydrogens (tertiary/aromatic N) is 3. The van der Waals surface area contributed by atoms with Gasteiger partial charge in [0, 0.05) is 23.9 Å². The van der Waals surface area contributed by atoms with Gasteiger partial charge in [0.2, 0.25) is 0 Å². The molecule has 2 heterocycles. The highest BCUT2D eigenvalue weighted by molar-refractivity contribution is 6.31. The van der Waals surface area contributed by atoms with E-state index in [0.717, 1.165) is 12.1 Å². The van der Waals surface area contributed by atoms with Crippen LogP contribution in [0.1, 0.15) is 35.0 Å². The Hall–Kier alpha value is -3.39. The van der Waals surface area contributed by atoms with Crippen LogP contribution in [0.2, 0.25) is 5.02 Å². The van der Waals surface area contributed by atoms with Crippen LogP contribution in [0.5, 0.6) is 0 Å². The molecule has 2 atom stereocenters. The molecule has 0 spiro atoms. The number of nitriles is 1. The monoisotopic (exact) mass is 455 g/mol. The minimum Gasteiger partial charge on any atom is -0.452 e. The molecule has 3 rings (SSSR count). The van der Waals surface area contributed by atoms with Crippen LogP contribution in [-0.4, -0.2) is 29.2 Å². The van der Waals surface area contributed by atoms with Gasteiger partial charge < -0.3 is 15.8 Å². The average molecular weight is 456 g/mol. The summed E-state index contributed by atoms with van der Waals surface area (Å²) in [5, 5.41) is 10.8. The highest BCUT2D eigenvalue weighted by atomic mass is 35.5. The summed E-state index contributed by atoms with van der Waals surface area (Å²) in [6.45, 7) is 1.25. The second-order valence-electron chi connectivity index (χ2n) is 6.89. The summed E-state index contributed by atoms with van der Waals surface area (Å²) in [7, 11) is 0. The summed E-state index contributed by atoms with van der Waals surface area (Å²) in [6, 6.07) is 6.01. The molecule has 7 nitrogen and oxygen atoms in total. The molecule has 0 bridgehead atoms. The number of hydrogen-bond acceptors (Lipinski definition) is 6. The average Bonchev–Trinajstić information content (AvgIpc) is 2.69. The van der Waals surface area contributed by atoms with Crippen molar-refractivity contribution in [3.63, 3.8) is 0 Å². The van der Waals surface area contributed by atoms with Crippen LogP contribution in [0.4, 0.5) is 23.2 Å². The quantitative estimate of drug-likeness (QED) is 0.682. The molecule has 0 unspecified atom stereocenters. The number of carbonyl (C=O) groups excluding carboxylic acids is 1. The molecule has 0 fully saturated rings. The second-order valence-corrected chi connectivity index (χ2v) is 7.30. The van der Waals surface area contributed by atoms with Crippen LogP contribution in [0.15, 0.2) is 35.5 Å². The Kier molecular flexibility index (Phi) is 5.78. The van der Waals surface area contributed by atoms with Crippen molar-refractivity contribution in [3.05, 3.63) is 58.1 Å². The maximum Gasteiger partial charge on any atom is 0.425 e. The third kappa shape index (κ3) is 4.69. The van der Waals surface area contributed by atoms with E-state index in [1.165, 1.54) is 25.3 Å². The Morgan fingerprint density at radius 1 is 1.42 bits per heavy atom. The molecule has 12 heteroatoms. The van der Waals surface area contributed by atoms with E-state index in [-0.39, 0.29) is 22.5 Å². The van der Waals surface area contributed by atoms with E-state index in [2.05, 4.69) is 20.0 Å².